The predicted molar refractivity (Wildman–Crippen MR) is 90.4 cm³/mol. The van der Waals surface area contributed by atoms with Gasteiger partial charge < -0.3 is 19.4 Å². The molecule has 1 rings (SSSR count). The number of carbonyl (C=O) groups excluding carboxylic acids is 2. The van der Waals surface area contributed by atoms with Gasteiger partial charge in [0, 0.05) is 5.69 Å². The molecule has 10 nitrogen and oxygen atoms in total. The fraction of sp³-hybridized carbons (Fsp3) is 0.500. The van der Waals surface area contributed by atoms with E-state index in [4.69, 9.17) is 9.47 Å². The Kier molecular flexibility index (Phi) is 7.63. The first-order valence-corrected chi connectivity index (χ1v) is 7.86. The number of hydrogen-bond acceptors (Lipinski definition) is 8. The Bertz CT molecular complexity index is 654. The molecule has 0 spiro atoms. The molecule has 0 unspecified atom stereocenters. The zero-order chi connectivity index (χ0) is 19.7. The van der Waals surface area contributed by atoms with Gasteiger partial charge in [0.2, 0.25) is 0 Å². The lowest BCUT2D eigenvalue weighted by atomic mass is 10.1. The molecule has 144 valence electrons. The Morgan fingerprint density at radius 2 is 1.88 bits per heavy atom. The fourth-order valence-corrected chi connectivity index (χ4v) is 1.78. The summed E-state index contributed by atoms with van der Waals surface area (Å²) >= 11 is 0. The number of carbonyl (C=O) groups is 2. The average molecular weight is 370 g/mol. The molecule has 1 amide bonds. The number of benzene rings is 1. The second-order valence-corrected chi connectivity index (χ2v) is 6.26. The van der Waals surface area contributed by atoms with E-state index in [9.17, 15) is 24.8 Å². The van der Waals surface area contributed by atoms with E-state index < -0.39 is 22.8 Å². The Morgan fingerprint density at radius 3 is 2.50 bits per heavy atom. The van der Waals surface area contributed by atoms with Gasteiger partial charge in [0.15, 0.2) is 0 Å². The van der Waals surface area contributed by atoms with E-state index in [1.54, 1.807) is 20.8 Å². The molecule has 0 aliphatic carbocycles. The Morgan fingerprint density at radius 1 is 1.23 bits per heavy atom. The molecular weight excluding hydrogens is 348 g/mol. The van der Waals surface area contributed by atoms with Crippen molar-refractivity contribution in [2.24, 2.45) is 0 Å². The number of nitrogens with zero attached hydrogens (tertiary/aromatic N) is 1. The minimum atomic E-state index is -0.896. The summed E-state index contributed by atoms with van der Waals surface area (Å²) in [5.74, 6) is -1.09. The third-order valence-corrected chi connectivity index (χ3v) is 2.83. The van der Waals surface area contributed by atoms with Crippen LogP contribution in [-0.2, 0) is 14.3 Å². The summed E-state index contributed by atoms with van der Waals surface area (Å²) < 4.78 is 10.1. The molecule has 0 radical (unpaired) electrons. The quantitative estimate of drug-likeness (QED) is 0.234. The van der Waals surface area contributed by atoms with E-state index in [-0.39, 0.29) is 30.2 Å². The second-order valence-electron chi connectivity index (χ2n) is 6.26. The lowest BCUT2D eigenvalue weighted by Gasteiger charge is -2.19. The van der Waals surface area contributed by atoms with Crippen molar-refractivity contribution < 1.29 is 34.1 Å². The summed E-state index contributed by atoms with van der Waals surface area (Å²) in [5.41, 5.74) is -0.551. The first-order valence-electron chi connectivity index (χ1n) is 7.86. The maximum atomic E-state index is 12.0. The average Bonchev–Trinajstić information content (AvgIpc) is 2.50. The SMILES string of the molecule is CC(C)(C)OC(=O)Nc1ccc(O)c(C(=O)OCCCCO[N+](=O)[O-])c1. The number of hydrogen-bond donors (Lipinski definition) is 2. The number of aromatic hydroxyl groups is 1. The zero-order valence-electron chi connectivity index (χ0n) is 14.8. The Balaban J connectivity index is 2.56. The van der Waals surface area contributed by atoms with Crippen LogP contribution in [0.1, 0.15) is 44.0 Å². The summed E-state index contributed by atoms with van der Waals surface area (Å²) in [4.78, 5) is 37.9. The van der Waals surface area contributed by atoms with Crippen LogP contribution in [0.15, 0.2) is 18.2 Å². The minimum Gasteiger partial charge on any atom is -0.507 e. The number of nitrogens with one attached hydrogen (secondary N) is 1. The normalized spacial score (nSPS) is 10.7. The van der Waals surface area contributed by atoms with Crippen LogP contribution >= 0.6 is 0 Å². The van der Waals surface area contributed by atoms with Crippen LogP contribution < -0.4 is 5.32 Å². The highest BCUT2D eigenvalue weighted by Crippen LogP contribution is 2.23. The van der Waals surface area contributed by atoms with Crippen LogP contribution in [0.25, 0.3) is 0 Å². The number of ether oxygens (including phenoxy) is 2. The van der Waals surface area contributed by atoms with Crippen LogP contribution in [0.2, 0.25) is 0 Å². The number of phenolic OH excluding ortho intramolecular Hbond substituents is 1. The van der Waals surface area contributed by atoms with Gasteiger partial charge in [-0.05, 0) is 51.8 Å². The summed E-state index contributed by atoms with van der Waals surface area (Å²) in [7, 11) is 0. The molecule has 1 aromatic carbocycles. The topological polar surface area (TPSA) is 137 Å². The highest BCUT2D eigenvalue weighted by Gasteiger charge is 2.18. The summed E-state index contributed by atoms with van der Waals surface area (Å²) in [6.07, 6.45) is -0.00951. The number of rotatable bonds is 8. The molecule has 0 aliphatic rings. The van der Waals surface area contributed by atoms with Crippen molar-refractivity contribution in [1.82, 2.24) is 0 Å². The van der Waals surface area contributed by atoms with Gasteiger partial charge in [-0.3, -0.25) is 5.32 Å². The third kappa shape index (κ3) is 8.18. The van der Waals surface area contributed by atoms with Crippen LogP contribution in [0.3, 0.4) is 0 Å². The Labute approximate surface area is 150 Å². The number of anilines is 1. The van der Waals surface area contributed by atoms with Crippen molar-refractivity contribution in [3.63, 3.8) is 0 Å². The van der Waals surface area contributed by atoms with Crippen molar-refractivity contribution in [3.05, 3.63) is 33.9 Å². The smallest absolute Gasteiger partial charge is 0.412 e. The maximum Gasteiger partial charge on any atom is 0.412 e. The van der Waals surface area contributed by atoms with Crippen molar-refractivity contribution in [1.29, 1.82) is 0 Å². The molecule has 26 heavy (non-hydrogen) atoms. The molecular formula is C16H22N2O8. The molecule has 1 aromatic rings. The second kappa shape index (κ2) is 9.44. The lowest BCUT2D eigenvalue weighted by Crippen LogP contribution is -2.27. The van der Waals surface area contributed by atoms with Crippen molar-refractivity contribution in [2.75, 3.05) is 18.5 Å². The molecule has 2 N–H and O–H groups in total. The maximum absolute atomic E-state index is 12.0. The Hall–Kier alpha value is -3.04. The van der Waals surface area contributed by atoms with Gasteiger partial charge in [-0.1, -0.05) is 0 Å². The highest BCUT2D eigenvalue weighted by atomic mass is 16.9. The van der Waals surface area contributed by atoms with Gasteiger partial charge in [-0.25, -0.2) is 9.59 Å². The van der Waals surface area contributed by atoms with Gasteiger partial charge in [0.1, 0.15) is 16.9 Å². The zero-order valence-corrected chi connectivity index (χ0v) is 14.8. The van der Waals surface area contributed by atoms with E-state index in [0.29, 0.717) is 12.8 Å². The molecule has 0 aliphatic heterocycles. The van der Waals surface area contributed by atoms with E-state index in [1.807, 2.05) is 0 Å². The summed E-state index contributed by atoms with van der Waals surface area (Å²) in [6, 6.07) is 3.91. The van der Waals surface area contributed by atoms with Crippen molar-refractivity contribution in [2.45, 2.75) is 39.2 Å². The number of unbranched alkanes of at least 4 members (excludes halogenated alkanes) is 1. The number of amides is 1. The molecule has 0 fully saturated rings. The molecule has 0 bridgehead atoms. The van der Waals surface area contributed by atoms with Gasteiger partial charge in [-0.15, -0.1) is 10.1 Å². The van der Waals surface area contributed by atoms with E-state index in [2.05, 4.69) is 10.2 Å². The van der Waals surface area contributed by atoms with Crippen LogP contribution in [0.5, 0.6) is 5.75 Å². The van der Waals surface area contributed by atoms with Gasteiger partial charge in [0.05, 0.1) is 13.2 Å². The molecule has 0 heterocycles. The fourth-order valence-electron chi connectivity index (χ4n) is 1.78. The van der Waals surface area contributed by atoms with Gasteiger partial charge >= 0.3 is 12.1 Å². The monoisotopic (exact) mass is 370 g/mol. The highest BCUT2D eigenvalue weighted by molar-refractivity contribution is 5.95. The first-order chi connectivity index (χ1) is 12.1. The predicted octanol–water partition coefficient (Wildman–Crippen LogP) is 2.88. The van der Waals surface area contributed by atoms with Crippen LogP contribution in [0.4, 0.5) is 10.5 Å². The number of phenols is 1. The standard InChI is InChI=1S/C16H22N2O8/c1-16(2,3)26-15(21)17-11-6-7-13(19)12(10-11)14(20)24-8-4-5-9-25-18(22)23/h6-7,10,19H,4-5,8-9H2,1-3H3,(H,17,21). The first kappa shape index (κ1) is 21.0. The van der Waals surface area contributed by atoms with Crippen LogP contribution in [-0.4, -0.2) is 41.1 Å². The summed E-state index contributed by atoms with van der Waals surface area (Å²) in [5, 5.41) is 21.3. The van der Waals surface area contributed by atoms with E-state index >= 15 is 0 Å². The molecule has 0 aromatic heterocycles. The third-order valence-electron chi connectivity index (χ3n) is 2.83. The van der Waals surface area contributed by atoms with Gasteiger partial charge in [-0.2, -0.15) is 0 Å². The van der Waals surface area contributed by atoms with E-state index in [0.717, 1.165) is 0 Å². The van der Waals surface area contributed by atoms with Crippen molar-refractivity contribution >= 4 is 17.7 Å². The minimum absolute atomic E-state index is 0.00305. The molecule has 0 atom stereocenters. The lowest BCUT2D eigenvalue weighted by molar-refractivity contribution is -0.757. The summed E-state index contributed by atoms with van der Waals surface area (Å²) in [6.45, 7) is 5.04. The van der Waals surface area contributed by atoms with Gasteiger partial charge in [0.25, 0.3) is 5.09 Å². The molecule has 0 saturated heterocycles. The largest absolute Gasteiger partial charge is 0.507 e. The van der Waals surface area contributed by atoms with Crippen molar-refractivity contribution in [3.8, 4) is 5.75 Å². The van der Waals surface area contributed by atoms with E-state index in [1.165, 1.54) is 18.2 Å². The molecule has 0 saturated carbocycles. The number of esters is 1. The molecule has 10 heteroatoms. The van der Waals surface area contributed by atoms with Crippen LogP contribution in [0, 0.1) is 10.1 Å².